The first-order chi connectivity index (χ1) is 15.9. The van der Waals surface area contributed by atoms with Crippen LogP contribution in [0.3, 0.4) is 0 Å². The Hall–Kier alpha value is -3.43. The molecule has 33 heavy (non-hydrogen) atoms. The highest BCUT2D eigenvalue weighted by Gasteiger charge is 2.33. The van der Waals surface area contributed by atoms with E-state index in [0.29, 0.717) is 53.3 Å². The molecule has 1 amide bonds. The largest absolute Gasteiger partial charge is 0.463 e. The average molecular weight is 481 g/mol. The number of hydrogen-bond acceptors (Lipinski definition) is 7. The molecule has 1 fully saturated rings. The van der Waals surface area contributed by atoms with Gasteiger partial charge >= 0.3 is 0 Å². The fourth-order valence-electron chi connectivity index (χ4n) is 4.04. The summed E-state index contributed by atoms with van der Waals surface area (Å²) in [5.74, 6) is 0.449. The van der Waals surface area contributed by atoms with Gasteiger partial charge in [0.15, 0.2) is 5.82 Å². The number of aromatic nitrogens is 2. The van der Waals surface area contributed by atoms with Crippen molar-refractivity contribution in [3.8, 4) is 0 Å². The van der Waals surface area contributed by atoms with Gasteiger partial charge in [-0.05, 0) is 36.8 Å². The van der Waals surface area contributed by atoms with Gasteiger partial charge in [0, 0.05) is 23.5 Å². The van der Waals surface area contributed by atoms with Crippen LogP contribution < -0.4 is 10.2 Å². The third-order valence-corrected chi connectivity index (χ3v) is 6.92. The number of benzene rings is 1. The molecule has 2 aromatic heterocycles. The molecular formula is C23H21ClN6O2S. The Labute approximate surface area is 200 Å². The molecule has 0 saturated carbocycles. The summed E-state index contributed by atoms with van der Waals surface area (Å²) in [6.07, 6.45) is 0. The summed E-state index contributed by atoms with van der Waals surface area (Å²) in [6, 6.07) is 11.7. The lowest BCUT2D eigenvalue weighted by Crippen LogP contribution is -2.25. The van der Waals surface area contributed by atoms with Gasteiger partial charge in [-0.2, -0.15) is 5.10 Å². The maximum Gasteiger partial charge on any atom is 0.289 e. The van der Waals surface area contributed by atoms with Crippen LogP contribution >= 0.6 is 22.9 Å². The zero-order valence-corrected chi connectivity index (χ0v) is 19.5. The predicted octanol–water partition coefficient (Wildman–Crippen LogP) is 4.51. The zero-order chi connectivity index (χ0) is 23.1. The van der Waals surface area contributed by atoms with Crippen LogP contribution in [0.1, 0.15) is 32.1 Å². The molecule has 0 bridgehead atoms. The van der Waals surface area contributed by atoms with Gasteiger partial charge in [-0.1, -0.05) is 30.3 Å². The van der Waals surface area contributed by atoms with Crippen LogP contribution in [0.4, 0.5) is 11.5 Å². The van der Waals surface area contributed by atoms with Gasteiger partial charge in [-0.3, -0.25) is 15.1 Å². The first kappa shape index (κ1) is 21.4. The monoisotopic (exact) mass is 480 g/mol. The summed E-state index contributed by atoms with van der Waals surface area (Å²) >= 11 is 7.46. The van der Waals surface area contributed by atoms with E-state index in [2.05, 4.69) is 22.1 Å². The Bertz CT molecular complexity index is 1290. The van der Waals surface area contributed by atoms with Crippen molar-refractivity contribution in [2.45, 2.75) is 20.0 Å². The third-order valence-electron chi connectivity index (χ3n) is 5.63. The normalized spacial score (nSPS) is 15.1. The number of ether oxygens (including phenoxy) is 1. The van der Waals surface area contributed by atoms with E-state index in [1.54, 1.807) is 11.8 Å². The Morgan fingerprint density at radius 3 is 2.91 bits per heavy atom. The van der Waals surface area contributed by atoms with Crippen LogP contribution in [0.25, 0.3) is 5.70 Å². The van der Waals surface area contributed by atoms with Crippen LogP contribution in [-0.2, 0) is 17.8 Å². The maximum absolute atomic E-state index is 13.3. The Balaban J connectivity index is 1.37. The van der Waals surface area contributed by atoms with E-state index < -0.39 is 0 Å². The molecule has 4 heterocycles. The number of amides is 1. The second-order valence-corrected chi connectivity index (χ2v) is 9.55. The van der Waals surface area contributed by atoms with E-state index in [0.717, 1.165) is 21.7 Å². The lowest BCUT2D eigenvalue weighted by atomic mass is 10.1. The molecule has 0 atom stereocenters. The molecular weight excluding hydrogens is 460 g/mol. The van der Waals surface area contributed by atoms with E-state index in [-0.39, 0.29) is 11.9 Å². The maximum atomic E-state index is 13.3. The number of carbonyl (C=O) groups is 1. The topological polar surface area (TPSA) is 94.4 Å². The van der Waals surface area contributed by atoms with Crippen molar-refractivity contribution in [2.24, 2.45) is 0 Å². The minimum atomic E-state index is -0.0760. The fraction of sp³-hybridized carbons (Fsp3) is 0.217. The molecule has 2 aliphatic heterocycles. The summed E-state index contributed by atoms with van der Waals surface area (Å²) < 4.78 is 5.93. The van der Waals surface area contributed by atoms with E-state index in [4.69, 9.17) is 21.7 Å². The van der Waals surface area contributed by atoms with E-state index in [9.17, 15) is 4.79 Å². The van der Waals surface area contributed by atoms with Crippen molar-refractivity contribution < 1.29 is 9.53 Å². The molecule has 1 saturated heterocycles. The quantitative estimate of drug-likeness (QED) is 0.539. The smallest absolute Gasteiger partial charge is 0.289 e. The molecule has 3 aromatic rings. The number of amidine groups is 1. The van der Waals surface area contributed by atoms with Gasteiger partial charge in [0.1, 0.15) is 6.61 Å². The molecule has 0 unspecified atom stereocenters. The SMILES string of the molecule is C=C(Nc1nnc(C)c2c1CN(Cc1cccc(N3CCOC3=N)c1)C2=O)c1ccc(Cl)s1. The van der Waals surface area contributed by atoms with Crippen molar-refractivity contribution in [1.29, 1.82) is 5.41 Å². The Morgan fingerprint density at radius 1 is 1.33 bits per heavy atom. The van der Waals surface area contributed by atoms with Gasteiger partial charge in [0.2, 0.25) is 0 Å². The number of anilines is 2. The molecule has 2 N–H and O–H groups in total. The minimum Gasteiger partial charge on any atom is -0.463 e. The van der Waals surface area contributed by atoms with Gasteiger partial charge in [-0.15, -0.1) is 16.4 Å². The number of hydrogen-bond donors (Lipinski definition) is 2. The molecule has 168 valence electrons. The second-order valence-electron chi connectivity index (χ2n) is 7.83. The summed E-state index contributed by atoms with van der Waals surface area (Å²) in [5, 5.41) is 19.6. The number of nitrogens with zero attached hydrogens (tertiary/aromatic N) is 4. The van der Waals surface area contributed by atoms with Crippen molar-refractivity contribution in [3.63, 3.8) is 0 Å². The highest BCUT2D eigenvalue weighted by atomic mass is 35.5. The number of fused-ring (bicyclic) bond motifs is 1. The van der Waals surface area contributed by atoms with Gasteiger partial charge in [0.05, 0.1) is 33.6 Å². The summed E-state index contributed by atoms with van der Waals surface area (Å²) in [7, 11) is 0. The molecule has 8 nitrogen and oxygen atoms in total. The van der Waals surface area contributed by atoms with Crippen LogP contribution in [0.15, 0.2) is 43.0 Å². The first-order valence-electron chi connectivity index (χ1n) is 10.4. The Morgan fingerprint density at radius 2 is 2.18 bits per heavy atom. The second kappa shape index (κ2) is 8.49. The van der Waals surface area contributed by atoms with E-state index >= 15 is 0 Å². The molecule has 10 heteroatoms. The van der Waals surface area contributed by atoms with E-state index in [1.165, 1.54) is 11.3 Å². The van der Waals surface area contributed by atoms with Crippen molar-refractivity contribution in [3.05, 3.63) is 74.6 Å². The number of carbonyl (C=O) groups excluding carboxylic acids is 1. The molecule has 0 radical (unpaired) electrons. The van der Waals surface area contributed by atoms with Crippen LogP contribution in [0.2, 0.25) is 4.34 Å². The lowest BCUT2D eigenvalue weighted by molar-refractivity contribution is 0.0766. The van der Waals surface area contributed by atoms with E-state index in [1.807, 2.05) is 41.3 Å². The van der Waals surface area contributed by atoms with Crippen LogP contribution in [-0.4, -0.2) is 40.2 Å². The fourth-order valence-corrected chi connectivity index (χ4v) is 5.01. The van der Waals surface area contributed by atoms with Crippen molar-refractivity contribution in [2.75, 3.05) is 23.4 Å². The van der Waals surface area contributed by atoms with Crippen LogP contribution in [0, 0.1) is 12.3 Å². The number of nitrogens with one attached hydrogen (secondary N) is 2. The minimum absolute atomic E-state index is 0.0760. The van der Waals surface area contributed by atoms with Crippen LogP contribution in [0.5, 0.6) is 0 Å². The average Bonchev–Trinajstić information content (AvgIpc) is 3.50. The highest BCUT2D eigenvalue weighted by molar-refractivity contribution is 7.17. The van der Waals surface area contributed by atoms with Gasteiger partial charge in [0.25, 0.3) is 11.9 Å². The van der Waals surface area contributed by atoms with Gasteiger partial charge in [-0.25, -0.2) is 0 Å². The highest BCUT2D eigenvalue weighted by Crippen LogP contribution is 2.33. The van der Waals surface area contributed by atoms with Gasteiger partial charge < -0.3 is 15.0 Å². The zero-order valence-electron chi connectivity index (χ0n) is 17.9. The van der Waals surface area contributed by atoms with Crippen molar-refractivity contribution in [1.82, 2.24) is 15.1 Å². The number of aryl methyl sites for hydroxylation is 1. The lowest BCUT2D eigenvalue weighted by Gasteiger charge is -2.19. The molecule has 5 rings (SSSR count). The Kier molecular flexibility index (Phi) is 5.51. The first-order valence-corrected chi connectivity index (χ1v) is 11.5. The summed E-state index contributed by atoms with van der Waals surface area (Å²) in [4.78, 5) is 17.7. The van der Waals surface area contributed by atoms with Crippen molar-refractivity contribution >= 4 is 52.1 Å². The number of rotatable bonds is 6. The third kappa shape index (κ3) is 4.05. The predicted molar refractivity (Wildman–Crippen MR) is 130 cm³/mol. The standard InChI is InChI=1S/C23H21ClN6O2S/c1-13(18-6-7-19(24)33-18)26-21-17-12-29(22(31)20(17)14(2)27-28-21)11-15-4-3-5-16(10-15)30-8-9-32-23(30)25/h3-7,10,25H,1,8-9,11-12H2,2H3,(H,26,28). The molecule has 0 aliphatic carbocycles. The number of thiophene rings is 1. The number of halogens is 1. The molecule has 1 aromatic carbocycles. The summed E-state index contributed by atoms with van der Waals surface area (Å²) in [6.45, 7) is 7.87. The molecule has 0 spiro atoms. The summed E-state index contributed by atoms with van der Waals surface area (Å²) in [5.41, 5.74) is 4.49. The molecule has 2 aliphatic rings.